The lowest BCUT2D eigenvalue weighted by Gasteiger charge is -2.21. The highest BCUT2D eigenvalue weighted by Gasteiger charge is 2.21. The molecule has 2 heterocycles. The van der Waals surface area contributed by atoms with E-state index in [1.165, 1.54) is 36.7 Å². The number of pyridine rings is 2. The van der Waals surface area contributed by atoms with Gasteiger partial charge in [0, 0.05) is 36.5 Å². The Morgan fingerprint density at radius 3 is 2.45 bits per heavy atom. The number of nitrogens with zero attached hydrogens (tertiary/aromatic N) is 2. The van der Waals surface area contributed by atoms with Crippen molar-refractivity contribution in [1.82, 2.24) is 15.3 Å². The molecule has 1 atom stereocenters. The zero-order chi connectivity index (χ0) is 27.2. The summed E-state index contributed by atoms with van der Waals surface area (Å²) >= 11 is 5.83. The summed E-state index contributed by atoms with van der Waals surface area (Å²) in [6.07, 6.45) is 2.91. The third-order valence-electron chi connectivity index (χ3n) is 5.52. The smallest absolute Gasteiger partial charge is 0.258 e. The summed E-state index contributed by atoms with van der Waals surface area (Å²) in [5.41, 5.74) is 6.49. The molecule has 0 spiro atoms. The van der Waals surface area contributed by atoms with Gasteiger partial charge in [0.2, 0.25) is 0 Å². The van der Waals surface area contributed by atoms with E-state index in [0.29, 0.717) is 22.6 Å². The molecule has 0 saturated heterocycles. The normalized spacial score (nSPS) is 11.6. The number of nitrogens with two attached hydrogens (primary N) is 1. The number of hydrogen-bond donors (Lipinski definition) is 2. The lowest BCUT2D eigenvalue weighted by atomic mass is 9.95. The first kappa shape index (κ1) is 26.6. The Bertz CT molecular complexity index is 1480. The van der Waals surface area contributed by atoms with Crippen LogP contribution in [0, 0.1) is 17.5 Å². The van der Waals surface area contributed by atoms with Crippen molar-refractivity contribution in [2.75, 3.05) is 6.61 Å². The van der Waals surface area contributed by atoms with Crippen LogP contribution in [0.1, 0.15) is 27.7 Å². The van der Waals surface area contributed by atoms with Gasteiger partial charge in [-0.15, -0.1) is 0 Å². The molecule has 0 aliphatic carbocycles. The summed E-state index contributed by atoms with van der Waals surface area (Å²) in [6, 6.07) is 12.1. The number of hydrogen-bond acceptors (Lipinski definition) is 5. The third-order valence-corrected chi connectivity index (χ3v) is 5.73. The van der Waals surface area contributed by atoms with Crippen molar-refractivity contribution in [3.05, 3.63) is 112 Å². The van der Waals surface area contributed by atoms with Gasteiger partial charge in [0.1, 0.15) is 28.4 Å². The highest BCUT2D eigenvalue weighted by molar-refractivity contribution is 6.29. The van der Waals surface area contributed by atoms with Gasteiger partial charge >= 0.3 is 0 Å². The van der Waals surface area contributed by atoms with Crippen molar-refractivity contribution in [1.29, 1.82) is 0 Å². The molecule has 0 radical (unpaired) electrons. The Hall–Kier alpha value is -4.44. The first-order valence-corrected chi connectivity index (χ1v) is 11.6. The second-order valence-electron chi connectivity index (χ2n) is 8.19. The number of carbonyl (C=O) groups excluding carboxylic acids is 2. The van der Waals surface area contributed by atoms with Crippen molar-refractivity contribution in [3.63, 3.8) is 0 Å². The zero-order valence-electron chi connectivity index (χ0n) is 19.6. The number of nitrogens with one attached hydrogen (secondary N) is 1. The molecule has 2 aromatic heterocycles. The summed E-state index contributed by atoms with van der Waals surface area (Å²) < 4.78 is 47.7. The van der Waals surface area contributed by atoms with Crippen LogP contribution in [0.25, 0.3) is 11.1 Å². The van der Waals surface area contributed by atoms with E-state index in [0.717, 1.165) is 24.3 Å². The lowest BCUT2D eigenvalue weighted by molar-refractivity contribution is -0.123. The molecule has 0 saturated carbocycles. The summed E-state index contributed by atoms with van der Waals surface area (Å²) in [4.78, 5) is 32.6. The van der Waals surface area contributed by atoms with Gasteiger partial charge in [-0.25, -0.2) is 18.2 Å². The minimum absolute atomic E-state index is 0.00479. The number of rotatable bonds is 9. The molecule has 0 aliphatic heterocycles. The molecular weight excluding hydrogens is 521 g/mol. The maximum absolute atomic E-state index is 14.1. The van der Waals surface area contributed by atoms with Gasteiger partial charge in [0.05, 0.1) is 17.3 Å². The Labute approximate surface area is 220 Å². The number of aromatic nitrogens is 2. The van der Waals surface area contributed by atoms with Gasteiger partial charge < -0.3 is 15.8 Å². The topological polar surface area (TPSA) is 107 Å². The molecule has 11 heteroatoms. The van der Waals surface area contributed by atoms with Gasteiger partial charge in [0.25, 0.3) is 11.8 Å². The van der Waals surface area contributed by atoms with Crippen LogP contribution in [0.5, 0.6) is 5.75 Å². The molecule has 7 nitrogen and oxygen atoms in total. The fourth-order valence-corrected chi connectivity index (χ4v) is 3.99. The molecule has 194 valence electrons. The summed E-state index contributed by atoms with van der Waals surface area (Å²) in [7, 11) is 0. The molecular formula is C27H20ClF3N4O3. The SMILES string of the molecule is NC(=O)c1cc(-c2cccnc2CC(NC(=O)COc2ccnc(Cl)c2)c2cc(F)cc(F)c2)ccc1F. The molecule has 0 aliphatic rings. The Morgan fingerprint density at radius 1 is 0.974 bits per heavy atom. The number of amides is 2. The molecule has 1 unspecified atom stereocenters. The van der Waals surface area contributed by atoms with Crippen LogP contribution in [-0.4, -0.2) is 28.4 Å². The molecule has 0 bridgehead atoms. The standard InChI is InChI=1S/C27H20ClF3N4O3/c28-25-12-19(5-7-34-25)38-14-26(36)35-23(16-8-17(29)11-18(30)9-16)13-24-20(2-1-6-33-24)15-3-4-22(31)21(10-15)27(32)37/h1-12,23H,13-14H2,(H2,32,37)(H,35,36). The van der Waals surface area contributed by atoms with Gasteiger partial charge in [-0.05, 0) is 47.5 Å². The number of primary amides is 1. The highest BCUT2D eigenvalue weighted by Crippen LogP contribution is 2.29. The minimum Gasteiger partial charge on any atom is -0.484 e. The van der Waals surface area contributed by atoms with Crippen LogP contribution in [0.4, 0.5) is 13.2 Å². The first-order chi connectivity index (χ1) is 18.2. The van der Waals surface area contributed by atoms with Gasteiger partial charge in [0.15, 0.2) is 6.61 Å². The number of carbonyl (C=O) groups is 2. The quantitative estimate of drug-likeness (QED) is 0.297. The van der Waals surface area contributed by atoms with E-state index in [1.54, 1.807) is 12.1 Å². The van der Waals surface area contributed by atoms with E-state index in [2.05, 4.69) is 15.3 Å². The minimum atomic E-state index is -0.939. The molecule has 2 aromatic carbocycles. The second kappa shape index (κ2) is 11.7. The van der Waals surface area contributed by atoms with Crippen molar-refractivity contribution < 1.29 is 27.5 Å². The highest BCUT2D eigenvalue weighted by atomic mass is 35.5. The molecule has 2 amide bonds. The summed E-state index contributed by atoms with van der Waals surface area (Å²) in [5.74, 6) is -3.64. The van der Waals surface area contributed by atoms with Crippen LogP contribution in [0.15, 0.2) is 73.1 Å². The molecule has 0 fully saturated rings. The molecule has 4 rings (SSSR count). The average molecular weight is 541 g/mol. The Kier molecular flexibility index (Phi) is 8.22. The number of halogens is 4. The van der Waals surface area contributed by atoms with E-state index in [4.69, 9.17) is 22.1 Å². The Balaban J connectivity index is 1.64. The molecule has 3 N–H and O–H groups in total. The van der Waals surface area contributed by atoms with E-state index >= 15 is 0 Å². The van der Waals surface area contributed by atoms with E-state index in [9.17, 15) is 22.8 Å². The fourth-order valence-electron chi connectivity index (χ4n) is 3.83. The molecule has 4 aromatic rings. The van der Waals surface area contributed by atoms with E-state index in [1.807, 2.05) is 0 Å². The Morgan fingerprint density at radius 2 is 1.74 bits per heavy atom. The first-order valence-electron chi connectivity index (χ1n) is 11.2. The zero-order valence-corrected chi connectivity index (χ0v) is 20.4. The number of benzene rings is 2. The van der Waals surface area contributed by atoms with E-state index in [-0.39, 0.29) is 22.7 Å². The predicted octanol–water partition coefficient (Wildman–Crippen LogP) is 4.79. The third kappa shape index (κ3) is 6.65. The number of ether oxygens (including phenoxy) is 1. The summed E-state index contributed by atoms with van der Waals surface area (Å²) in [6.45, 7) is -0.413. The van der Waals surface area contributed by atoms with Crippen molar-refractivity contribution in [2.45, 2.75) is 12.5 Å². The van der Waals surface area contributed by atoms with Crippen molar-refractivity contribution in [2.24, 2.45) is 5.73 Å². The van der Waals surface area contributed by atoms with Crippen LogP contribution in [0.2, 0.25) is 5.15 Å². The van der Waals surface area contributed by atoms with Gasteiger partial charge in [-0.3, -0.25) is 14.6 Å². The monoisotopic (exact) mass is 540 g/mol. The van der Waals surface area contributed by atoms with Crippen LogP contribution in [-0.2, 0) is 11.2 Å². The predicted molar refractivity (Wildman–Crippen MR) is 134 cm³/mol. The van der Waals surface area contributed by atoms with Gasteiger partial charge in [-0.2, -0.15) is 0 Å². The largest absolute Gasteiger partial charge is 0.484 e. The van der Waals surface area contributed by atoms with Crippen LogP contribution >= 0.6 is 11.6 Å². The average Bonchev–Trinajstić information content (AvgIpc) is 2.87. The van der Waals surface area contributed by atoms with Crippen molar-refractivity contribution >= 4 is 23.4 Å². The fraction of sp³-hybridized carbons (Fsp3) is 0.111. The van der Waals surface area contributed by atoms with E-state index < -0.39 is 41.9 Å². The summed E-state index contributed by atoms with van der Waals surface area (Å²) in [5, 5.41) is 2.90. The van der Waals surface area contributed by atoms with Crippen LogP contribution in [0.3, 0.4) is 0 Å². The maximum Gasteiger partial charge on any atom is 0.258 e. The van der Waals surface area contributed by atoms with Gasteiger partial charge in [-0.1, -0.05) is 23.7 Å². The van der Waals surface area contributed by atoms with Crippen molar-refractivity contribution in [3.8, 4) is 16.9 Å². The lowest BCUT2D eigenvalue weighted by Crippen LogP contribution is -2.34. The van der Waals surface area contributed by atoms with Crippen LogP contribution < -0.4 is 15.8 Å². The maximum atomic E-state index is 14.1. The molecule has 38 heavy (non-hydrogen) atoms. The second-order valence-corrected chi connectivity index (χ2v) is 8.57.